The third-order valence-electron chi connectivity index (χ3n) is 4.44. The van der Waals surface area contributed by atoms with Crippen LogP contribution in [-0.2, 0) is 4.79 Å². The second-order valence-corrected chi connectivity index (χ2v) is 8.40. The quantitative estimate of drug-likeness (QED) is 0.291. The van der Waals surface area contributed by atoms with Gasteiger partial charge in [-0.05, 0) is 68.3 Å². The molecule has 3 rings (SSSR count). The highest BCUT2D eigenvalue weighted by Gasteiger charge is 2.16. The maximum atomic E-state index is 12.7. The van der Waals surface area contributed by atoms with E-state index < -0.39 is 0 Å². The first-order valence-corrected chi connectivity index (χ1v) is 10.5. The molecule has 1 amide bonds. The van der Waals surface area contributed by atoms with Crippen LogP contribution in [0.25, 0.3) is 0 Å². The molecule has 1 N–H and O–H groups in total. The number of aromatic nitrogens is 1. The SMILES string of the molecule is Cc1ccc(NC(=O)C(C)Sc2ccccc2N=Cc2cccnc2Cl)cc1C. The summed E-state index contributed by atoms with van der Waals surface area (Å²) in [5.74, 6) is -0.0488. The van der Waals surface area contributed by atoms with Crippen molar-refractivity contribution in [3.05, 3.63) is 82.6 Å². The molecule has 29 heavy (non-hydrogen) atoms. The summed E-state index contributed by atoms with van der Waals surface area (Å²) in [5.41, 5.74) is 4.68. The molecule has 0 saturated heterocycles. The normalized spacial score (nSPS) is 12.1. The van der Waals surface area contributed by atoms with Crippen LogP contribution in [0.2, 0.25) is 5.15 Å². The topological polar surface area (TPSA) is 54.4 Å². The molecular formula is C23H22ClN3OS. The molecule has 0 spiro atoms. The van der Waals surface area contributed by atoms with E-state index in [2.05, 4.69) is 22.2 Å². The number of aliphatic imine (C=N–C) groups is 1. The molecule has 0 radical (unpaired) electrons. The average Bonchev–Trinajstić information content (AvgIpc) is 2.71. The van der Waals surface area contributed by atoms with Gasteiger partial charge in [0.2, 0.25) is 5.91 Å². The molecule has 148 valence electrons. The smallest absolute Gasteiger partial charge is 0.237 e. The van der Waals surface area contributed by atoms with Gasteiger partial charge in [-0.25, -0.2) is 4.98 Å². The number of halogens is 1. The predicted octanol–water partition coefficient (Wildman–Crippen LogP) is 6.22. The Morgan fingerprint density at radius 1 is 1.14 bits per heavy atom. The van der Waals surface area contributed by atoms with E-state index in [-0.39, 0.29) is 11.2 Å². The first-order chi connectivity index (χ1) is 13.9. The predicted molar refractivity (Wildman–Crippen MR) is 123 cm³/mol. The van der Waals surface area contributed by atoms with E-state index in [4.69, 9.17) is 11.6 Å². The summed E-state index contributed by atoms with van der Waals surface area (Å²) in [6.07, 6.45) is 3.33. The van der Waals surface area contributed by atoms with Crippen molar-refractivity contribution < 1.29 is 4.79 Å². The second-order valence-electron chi connectivity index (χ2n) is 6.66. The van der Waals surface area contributed by atoms with Crippen molar-refractivity contribution in [1.29, 1.82) is 0 Å². The van der Waals surface area contributed by atoms with Gasteiger partial charge in [0, 0.05) is 28.6 Å². The molecule has 1 unspecified atom stereocenters. The lowest BCUT2D eigenvalue weighted by Crippen LogP contribution is -2.22. The maximum Gasteiger partial charge on any atom is 0.237 e. The summed E-state index contributed by atoms with van der Waals surface area (Å²) in [7, 11) is 0. The number of thioether (sulfide) groups is 1. The van der Waals surface area contributed by atoms with E-state index in [0.29, 0.717) is 5.15 Å². The Balaban J connectivity index is 1.72. The van der Waals surface area contributed by atoms with Gasteiger partial charge in [0.1, 0.15) is 5.15 Å². The van der Waals surface area contributed by atoms with Crippen LogP contribution in [0.5, 0.6) is 0 Å². The Kier molecular flexibility index (Phi) is 7.07. The average molecular weight is 424 g/mol. The Labute approximate surface area is 180 Å². The number of anilines is 1. The Bertz CT molecular complexity index is 1050. The molecule has 4 nitrogen and oxygen atoms in total. The fraction of sp³-hybridized carbons (Fsp3) is 0.174. The highest BCUT2D eigenvalue weighted by atomic mass is 35.5. The fourth-order valence-corrected chi connectivity index (χ4v) is 3.72. The van der Waals surface area contributed by atoms with Crippen molar-refractivity contribution in [3.8, 4) is 0 Å². The van der Waals surface area contributed by atoms with Gasteiger partial charge >= 0.3 is 0 Å². The largest absolute Gasteiger partial charge is 0.325 e. The number of hydrogen-bond donors (Lipinski definition) is 1. The van der Waals surface area contributed by atoms with Crippen LogP contribution in [-0.4, -0.2) is 22.4 Å². The van der Waals surface area contributed by atoms with Crippen LogP contribution in [0.4, 0.5) is 11.4 Å². The summed E-state index contributed by atoms with van der Waals surface area (Å²) in [6.45, 7) is 5.97. The van der Waals surface area contributed by atoms with Crippen molar-refractivity contribution in [3.63, 3.8) is 0 Å². The first kappa shape index (κ1) is 21.1. The number of amides is 1. The van der Waals surface area contributed by atoms with Crippen molar-refractivity contribution in [1.82, 2.24) is 4.98 Å². The van der Waals surface area contributed by atoms with Crippen LogP contribution >= 0.6 is 23.4 Å². The maximum absolute atomic E-state index is 12.7. The van der Waals surface area contributed by atoms with Crippen molar-refractivity contribution in [2.45, 2.75) is 30.9 Å². The number of aryl methyl sites for hydroxylation is 2. The van der Waals surface area contributed by atoms with Gasteiger partial charge in [-0.15, -0.1) is 11.8 Å². The van der Waals surface area contributed by atoms with Crippen LogP contribution in [0.3, 0.4) is 0 Å². The minimum atomic E-state index is -0.282. The molecule has 0 fully saturated rings. The number of pyridine rings is 1. The van der Waals surface area contributed by atoms with Crippen molar-refractivity contribution in [2.24, 2.45) is 4.99 Å². The number of para-hydroxylation sites is 1. The number of carbonyl (C=O) groups is 1. The number of hydrogen-bond acceptors (Lipinski definition) is 4. The van der Waals surface area contributed by atoms with Gasteiger partial charge in [0.25, 0.3) is 0 Å². The molecule has 1 aromatic heterocycles. The summed E-state index contributed by atoms with van der Waals surface area (Å²) in [5, 5.41) is 3.11. The lowest BCUT2D eigenvalue weighted by atomic mass is 10.1. The molecule has 3 aromatic rings. The van der Waals surface area contributed by atoms with Crippen LogP contribution < -0.4 is 5.32 Å². The van der Waals surface area contributed by atoms with Crippen LogP contribution in [0.1, 0.15) is 23.6 Å². The van der Waals surface area contributed by atoms with Gasteiger partial charge in [0.05, 0.1) is 10.9 Å². The molecule has 6 heteroatoms. The molecule has 1 heterocycles. The Hall–Kier alpha value is -2.63. The van der Waals surface area contributed by atoms with E-state index in [1.807, 2.05) is 68.4 Å². The first-order valence-electron chi connectivity index (χ1n) is 9.22. The van der Waals surface area contributed by atoms with E-state index in [9.17, 15) is 4.79 Å². The molecule has 0 bridgehead atoms. The van der Waals surface area contributed by atoms with E-state index in [1.54, 1.807) is 12.4 Å². The van der Waals surface area contributed by atoms with Crippen molar-refractivity contribution in [2.75, 3.05) is 5.32 Å². The van der Waals surface area contributed by atoms with Gasteiger partial charge in [-0.1, -0.05) is 29.8 Å². The third kappa shape index (κ3) is 5.68. The molecule has 0 aliphatic heterocycles. The molecule has 0 saturated carbocycles. The summed E-state index contributed by atoms with van der Waals surface area (Å²) >= 11 is 7.56. The molecule has 0 aliphatic rings. The summed E-state index contributed by atoms with van der Waals surface area (Å²) in [6, 6.07) is 17.3. The Morgan fingerprint density at radius 2 is 1.93 bits per heavy atom. The molecule has 1 atom stereocenters. The molecule has 2 aromatic carbocycles. The minimum absolute atomic E-state index is 0.0488. The summed E-state index contributed by atoms with van der Waals surface area (Å²) < 4.78 is 0. The van der Waals surface area contributed by atoms with E-state index in [1.165, 1.54) is 17.3 Å². The summed E-state index contributed by atoms with van der Waals surface area (Å²) in [4.78, 5) is 22.2. The van der Waals surface area contributed by atoms with Gasteiger partial charge in [-0.3, -0.25) is 9.79 Å². The van der Waals surface area contributed by atoms with Crippen molar-refractivity contribution >= 4 is 46.9 Å². The monoisotopic (exact) mass is 423 g/mol. The highest BCUT2D eigenvalue weighted by Crippen LogP contribution is 2.33. The minimum Gasteiger partial charge on any atom is -0.325 e. The zero-order valence-corrected chi connectivity index (χ0v) is 18.1. The number of nitrogens with zero attached hydrogens (tertiary/aromatic N) is 2. The fourth-order valence-electron chi connectivity index (χ4n) is 2.60. The van der Waals surface area contributed by atoms with Crippen LogP contribution in [0, 0.1) is 13.8 Å². The highest BCUT2D eigenvalue weighted by molar-refractivity contribution is 8.00. The standard InChI is InChI=1S/C23H22ClN3OS/c1-15-10-11-19(13-16(15)2)27-23(28)17(3)29-21-9-5-4-8-20(21)26-14-18-7-6-12-25-22(18)24/h4-14,17H,1-3H3,(H,27,28). The zero-order chi connectivity index (χ0) is 20.8. The van der Waals surface area contributed by atoms with Gasteiger partial charge in [-0.2, -0.15) is 0 Å². The van der Waals surface area contributed by atoms with Crippen LogP contribution in [0.15, 0.2) is 70.7 Å². The third-order valence-corrected chi connectivity index (χ3v) is 5.93. The Morgan fingerprint density at radius 3 is 2.69 bits per heavy atom. The van der Waals surface area contributed by atoms with E-state index >= 15 is 0 Å². The number of nitrogens with one attached hydrogen (secondary N) is 1. The zero-order valence-electron chi connectivity index (χ0n) is 16.5. The van der Waals surface area contributed by atoms with Gasteiger partial charge < -0.3 is 5.32 Å². The second kappa shape index (κ2) is 9.72. The lowest BCUT2D eigenvalue weighted by molar-refractivity contribution is -0.115. The number of benzene rings is 2. The number of carbonyl (C=O) groups excluding carboxylic acids is 1. The molecular weight excluding hydrogens is 402 g/mol. The lowest BCUT2D eigenvalue weighted by Gasteiger charge is -2.14. The molecule has 0 aliphatic carbocycles. The van der Waals surface area contributed by atoms with E-state index in [0.717, 1.165) is 27.4 Å². The number of rotatable bonds is 6. The van der Waals surface area contributed by atoms with Gasteiger partial charge in [0.15, 0.2) is 0 Å².